The highest BCUT2D eigenvalue weighted by Gasteiger charge is 2.30. The van der Waals surface area contributed by atoms with Gasteiger partial charge in [0.05, 0.1) is 11.1 Å². The summed E-state index contributed by atoms with van der Waals surface area (Å²) in [6, 6.07) is 0. The molecule has 0 aromatic rings. The molecular formula is C19H30N2. The van der Waals surface area contributed by atoms with E-state index in [1.165, 1.54) is 38.5 Å². The van der Waals surface area contributed by atoms with Crippen LogP contribution in [0.1, 0.15) is 70.6 Å². The number of rotatable bonds is 6. The van der Waals surface area contributed by atoms with Crippen LogP contribution in [0.3, 0.4) is 0 Å². The molecule has 0 amide bonds. The second-order valence-corrected chi connectivity index (χ2v) is 6.78. The normalized spacial score (nSPS) is 23.9. The average Bonchev–Trinajstić information content (AvgIpc) is 2.56. The second kappa shape index (κ2) is 7.88. The molecule has 0 aliphatic heterocycles. The van der Waals surface area contributed by atoms with Crippen molar-refractivity contribution in [3.63, 3.8) is 0 Å². The quantitative estimate of drug-likeness (QED) is 0.579. The van der Waals surface area contributed by atoms with Crippen LogP contribution < -0.4 is 10.6 Å². The highest BCUT2D eigenvalue weighted by atomic mass is 15.0. The summed E-state index contributed by atoms with van der Waals surface area (Å²) in [5.74, 6) is 6.02. The molecule has 2 rings (SSSR count). The summed E-state index contributed by atoms with van der Waals surface area (Å²) in [4.78, 5) is 0. The summed E-state index contributed by atoms with van der Waals surface area (Å²) in [6.45, 7) is 1.97. The fraction of sp³-hybridized carbons (Fsp3) is 0.789. The SMILES string of the molecule is C#CC1(NCCCNC2(C#C)CCCCC2)CCCCC1. The van der Waals surface area contributed by atoms with Crippen molar-refractivity contribution in [1.82, 2.24) is 10.6 Å². The van der Waals surface area contributed by atoms with Crippen LogP contribution in [0.2, 0.25) is 0 Å². The number of nitrogens with one attached hydrogen (secondary N) is 2. The summed E-state index contributed by atoms with van der Waals surface area (Å²) in [5, 5.41) is 7.25. The van der Waals surface area contributed by atoms with E-state index in [9.17, 15) is 0 Å². The zero-order chi connectivity index (χ0) is 15.0. The van der Waals surface area contributed by atoms with Crippen molar-refractivity contribution in [1.29, 1.82) is 0 Å². The molecule has 2 heteroatoms. The van der Waals surface area contributed by atoms with Gasteiger partial charge in [0.15, 0.2) is 0 Å². The molecule has 0 saturated heterocycles. The predicted octanol–water partition coefficient (Wildman–Crippen LogP) is 3.23. The number of terminal acetylenes is 2. The van der Waals surface area contributed by atoms with E-state index < -0.39 is 0 Å². The van der Waals surface area contributed by atoms with Crippen molar-refractivity contribution < 1.29 is 0 Å². The predicted molar refractivity (Wildman–Crippen MR) is 89.9 cm³/mol. The zero-order valence-corrected chi connectivity index (χ0v) is 13.3. The maximum Gasteiger partial charge on any atom is 0.0798 e. The molecule has 2 fully saturated rings. The van der Waals surface area contributed by atoms with Gasteiger partial charge in [-0.3, -0.25) is 0 Å². The van der Waals surface area contributed by atoms with E-state index in [0.717, 1.165) is 45.2 Å². The van der Waals surface area contributed by atoms with E-state index in [4.69, 9.17) is 12.8 Å². The van der Waals surface area contributed by atoms with Crippen LogP contribution in [0.4, 0.5) is 0 Å². The van der Waals surface area contributed by atoms with E-state index in [0.29, 0.717) is 0 Å². The van der Waals surface area contributed by atoms with E-state index in [1.54, 1.807) is 0 Å². The third-order valence-electron chi connectivity index (χ3n) is 5.25. The lowest BCUT2D eigenvalue weighted by atomic mass is 9.82. The molecule has 0 unspecified atom stereocenters. The Hall–Kier alpha value is -0.960. The van der Waals surface area contributed by atoms with Gasteiger partial charge in [0.2, 0.25) is 0 Å². The molecular weight excluding hydrogens is 256 g/mol. The Morgan fingerprint density at radius 3 is 1.38 bits per heavy atom. The highest BCUT2D eigenvalue weighted by molar-refractivity contribution is 5.15. The molecule has 0 bridgehead atoms. The Bertz CT molecular complexity index is 349. The maximum atomic E-state index is 5.76. The lowest BCUT2D eigenvalue weighted by Crippen LogP contribution is -2.48. The molecule has 0 aromatic carbocycles. The molecule has 0 atom stereocenters. The number of hydrogen-bond donors (Lipinski definition) is 2. The summed E-state index contributed by atoms with van der Waals surface area (Å²) in [5.41, 5.74) is -0.0697. The summed E-state index contributed by atoms with van der Waals surface area (Å²) in [7, 11) is 0. The molecule has 21 heavy (non-hydrogen) atoms. The van der Waals surface area contributed by atoms with Gasteiger partial charge >= 0.3 is 0 Å². The summed E-state index contributed by atoms with van der Waals surface area (Å²) in [6.07, 6.45) is 24.8. The van der Waals surface area contributed by atoms with Crippen molar-refractivity contribution in [3.8, 4) is 24.7 Å². The van der Waals surface area contributed by atoms with Crippen LogP contribution in [-0.4, -0.2) is 24.2 Å². The van der Waals surface area contributed by atoms with E-state index in [1.807, 2.05) is 0 Å². The molecule has 2 aliphatic rings. The molecule has 2 saturated carbocycles. The van der Waals surface area contributed by atoms with Crippen molar-refractivity contribution in [2.45, 2.75) is 81.7 Å². The Labute approximate surface area is 130 Å². The van der Waals surface area contributed by atoms with Gasteiger partial charge in [-0.25, -0.2) is 0 Å². The maximum absolute atomic E-state index is 5.76. The molecule has 0 radical (unpaired) electrons. The van der Waals surface area contributed by atoms with Gasteiger partial charge < -0.3 is 10.6 Å². The lowest BCUT2D eigenvalue weighted by molar-refractivity contribution is 0.284. The minimum atomic E-state index is -0.0348. The van der Waals surface area contributed by atoms with Crippen LogP contribution in [0.5, 0.6) is 0 Å². The Balaban J connectivity index is 1.67. The average molecular weight is 286 g/mol. The fourth-order valence-corrected chi connectivity index (χ4v) is 3.80. The van der Waals surface area contributed by atoms with Crippen molar-refractivity contribution in [2.75, 3.05) is 13.1 Å². The highest BCUT2D eigenvalue weighted by Crippen LogP contribution is 2.28. The Kier molecular flexibility index (Phi) is 6.16. The van der Waals surface area contributed by atoms with Gasteiger partial charge in [0.1, 0.15) is 0 Å². The van der Waals surface area contributed by atoms with Crippen LogP contribution >= 0.6 is 0 Å². The molecule has 2 N–H and O–H groups in total. The van der Waals surface area contributed by atoms with Gasteiger partial charge in [-0.2, -0.15) is 0 Å². The van der Waals surface area contributed by atoms with E-state index in [2.05, 4.69) is 22.5 Å². The van der Waals surface area contributed by atoms with Gasteiger partial charge in [-0.05, 0) is 45.2 Å². The van der Waals surface area contributed by atoms with Gasteiger partial charge in [0, 0.05) is 0 Å². The van der Waals surface area contributed by atoms with Gasteiger partial charge in [-0.15, -0.1) is 12.8 Å². The minimum Gasteiger partial charge on any atom is -0.301 e. The van der Waals surface area contributed by atoms with Crippen molar-refractivity contribution in [2.24, 2.45) is 0 Å². The van der Waals surface area contributed by atoms with E-state index in [-0.39, 0.29) is 11.1 Å². The topological polar surface area (TPSA) is 24.1 Å². The summed E-state index contributed by atoms with van der Waals surface area (Å²) < 4.78 is 0. The first-order valence-electron chi connectivity index (χ1n) is 8.70. The number of hydrogen-bond acceptors (Lipinski definition) is 2. The molecule has 0 heterocycles. The van der Waals surface area contributed by atoms with Gasteiger partial charge in [0.25, 0.3) is 0 Å². The molecule has 0 spiro atoms. The fourth-order valence-electron chi connectivity index (χ4n) is 3.80. The third kappa shape index (κ3) is 4.50. The standard InChI is InChI=1S/C19H30N2/c1-3-18(12-7-5-8-13-18)20-16-11-17-21-19(4-2)14-9-6-10-15-19/h1-2,20-21H,5-17H2. The minimum absolute atomic E-state index is 0.0348. The largest absolute Gasteiger partial charge is 0.301 e. The lowest BCUT2D eigenvalue weighted by Gasteiger charge is -2.35. The molecule has 0 aromatic heterocycles. The second-order valence-electron chi connectivity index (χ2n) is 6.78. The summed E-state index contributed by atoms with van der Waals surface area (Å²) >= 11 is 0. The van der Waals surface area contributed by atoms with Crippen molar-refractivity contribution >= 4 is 0 Å². The Morgan fingerprint density at radius 1 is 0.667 bits per heavy atom. The zero-order valence-electron chi connectivity index (χ0n) is 13.3. The molecule has 116 valence electrons. The smallest absolute Gasteiger partial charge is 0.0798 e. The van der Waals surface area contributed by atoms with E-state index >= 15 is 0 Å². The Morgan fingerprint density at radius 2 is 1.05 bits per heavy atom. The van der Waals surface area contributed by atoms with Crippen LogP contribution in [-0.2, 0) is 0 Å². The first kappa shape index (κ1) is 16.4. The van der Waals surface area contributed by atoms with Crippen LogP contribution in [0.25, 0.3) is 0 Å². The monoisotopic (exact) mass is 286 g/mol. The molecule has 2 nitrogen and oxygen atoms in total. The van der Waals surface area contributed by atoms with Crippen molar-refractivity contribution in [3.05, 3.63) is 0 Å². The van der Waals surface area contributed by atoms with Gasteiger partial charge in [-0.1, -0.05) is 50.4 Å². The van der Waals surface area contributed by atoms with Crippen LogP contribution in [0, 0.1) is 24.7 Å². The first-order chi connectivity index (χ1) is 10.2. The third-order valence-corrected chi connectivity index (χ3v) is 5.25. The molecule has 2 aliphatic carbocycles. The van der Waals surface area contributed by atoms with Crippen LogP contribution in [0.15, 0.2) is 0 Å². The first-order valence-corrected chi connectivity index (χ1v) is 8.70.